The third-order valence-electron chi connectivity index (χ3n) is 5.53. The smallest absolute Gasteiger partial charge is 0.228 e. The SMILES string of the molecule is COc1ccc(N2CCN(C(=O)C3CC(=O)N(Cc4ccccn4)C3)CC2)cn1. The summed E-state index contributed by atoms with van der Waals surface area (Å²) in [6.45, 7) is 3.72. The number of carbonyl (C=O) groups is 2. The molecule has 4 heterocycles. The number of rotatable bonds is 5. The number of anilines is 1. The highest BCUT2D eigenvalue weighted by Crippen LogP contribution is 2.24. The van der Waals surface area contributed by atoms with Gasteiger partial charge in [-0.15, -0.1) is 0 Å². The fourth-order valence-electron chi connectivity index (χ4n) is 3.90. The molecule has 0 saturated carbocycles. The van der Waals surface area contributed by atoms with Gasteiger partial charge < -0.3 is 19.4 Å². The molecule has 2 saturated heterocycles. The minimum Gasteiger partial charge on any atom is -0.481 e. The van der Waals surface area contributed by atoms with Crippen molar-refractivity contribution in [2.24, 2.45) is 5.92 Å². The average molecular weight is 395 g/mol. The topological polar surface area (TPSA) is 78.9 Å². The molecule has 0 radical (unpaired) electrons. The predicted octanol–water partition coefficient (Wildman–Crippen LogP) is 1.18. The monoisotopic (exact) mass is 395 g/mol. The van der Waals surface area contributed by atoms with E-state index in [1.165, 1.54) is 0 Å². The Morgan fingerprint density at radius 3 is 2.62 bits per heavy atom. The van der Waals surface area contributed by atoms with Gasteiger partial charge in [0.2, 0.25) is 17.7 Å². The number of methoxy groups -OCH3 is 1. The zero-order valence-corrected chi connectivity index (χ0v) is 16.5. The molecule has 2 amide bonds. The van der Waals surface area contributed by atoms with Gasteiger partial charge in [-0.3, -0.25) is 14.6 Å². The number of nitrogens with zero attached hydrogens (tertiary/aromatic N) is 5. The second-order valence-corrected chi connectivity index (χ2v) is 7.37. The molecular formula is C21H25N5O3. The number of piperazine rings is 1. The van der Waals surface area contributed by atoms with E-state index in [1.807, 2.05) is 35.2 Å². The number of pyridine rings is 2. The van der Waals surface area contributed by atoms with E-state index in [2.05, 4.69) is 14.9 Å². The Labute approximate surface area is 170 Å². The molecule has 0 aliphatic carbocycles. The van der Waals surface area contributed by atoms with E-state index in [1.54, 1.807) is 24.4 Å². The van der Waals surface area contributed by atoms with Crippen LogP contribution in [-0.4, -0.2) is 71.4 Å². The second kappa shape index (κ2) is 8.46. The van der Waals surface area contributed by atoms with Crippen LogP contribution in [0.15, 0.2) is 42.7 Å². The van der Waals surface area contributed by atoms with E-state index >= 15 is 0 Å². The molecule has 2 aromatic heterocycles. The molecule has 29 heavy (non-hydrogen) atoms. The number of hydrogen-bond donors (Lipinski definition) is 0. The first-order chi connectivity index (χ1) is 14.1. The van der Waals surface area contributed by atoms with Crippen LogP contribution < -0.4 is 9.64 Å². The van der Waals surface area contributed by atoms with Gasteiger partial charge in [-0.2, -0.15) is 0 Å². The summed E-state index contributed by atoms with van der Waals surface area (Å²) >= 11 is 0. The standard InChI is InChI=1S/C21H25N5O3/c1-29-19-6-5-18(13-23-19)24-8-10-25(11-9-24)21(28)16-12-20(27)26(14-16)15-17-4-2-3-7-22-17/h2-7,13,16H,8-12,14-15H2,1H3. The van der Waals surface area contributed by atoms with E-state index in [0.29, 0.717) is 32.1 Å². The van der Waals surface area contributed by atoms with Gasteiger partial charge >= 0.3 is 0 Å². The summed E-state index contributed by atoms with van der Waals surface area (Å²) in [5.74, 6) is 0.426. The molecule has 2 aliphatic heterocycles. The Balaban J connectivity index is 1.31. The summed E-state index contributed by atoms with van der Waals surface area (Å²) < 4.78 is 5.10. The number of aromatic nitrogens is 2. The van der Waals surface area contributed by atoms with Crippen molar-refractivity contribution in [3.8, 4) is 5.88 Å². The molecule has 0 N–H and O–H groups in total. The van der Waals surface area contributed by atoms with Crippen molar-refractivity contribution in [2.45, 2.75) is 13.0 Å². The molecule has 2 fully saturated rings. The number of carbonyl (C=O) groups excluding carboxylic acids is 2. The third kappa shape index (κ3) is 4.31. The molecule has 1 unspecified atom stereocenters. The van der Waals surface area contributed by atoms with Gasteiger partial charge in [0.1, 0.15) is 0 Å². The summed E-state index contributed by atoms with van der Waals surface area (Å²) in [4.78, 5) is 39.7. The fraction of sp³-hybridized carbons (Fsp3) is 0.429. The van der Waals surface area contributed by atoms with E-state index in [4.69, 9.17) is 4.74 Å². The van der Waals surface area contributed by atoms with Crippen molar-refractivity contribution in [3.05, 3.63) is 48.4 Å². The Morgan fingerprint density at radius 2 is 1.97 bits per heavy atom. The van der Waals surface area contributed by atoms with Gasteiger partial charge in [0.25, 0.3) is 0 Å². The van der Waals surface area contributed by atoms with Crippen LogP contribution >= 0.6 is 0 Å². The first-order valence-electron chi connectivity index (χ1n) is 9.85. The molecule has 8 nitrogen and oxygen atoms in total. The van der Waals surface area contributed by atoms with Gasteiger partial charge in [-0.05, 0) is 18.2 Å². The van der Waals surface area contributed by atoms with Crippen molar-refractivity contribution in [2.75, 3.05) is 44.7 Å². The van der Waals surface area contributed by atoms with Crippen molar-refractivity contribution in [1.29, 1.82) is 0 Å². The highest BCUT2D eigenvalue weighted by atomic mass is 16.5. The van der Waals surface area contributed by atoms with Crippen molar-refractivity contribution < 1.29 is 14.3 Å². The van der Waals surface area contributed by atoms with Crippen LogP contribution in [0.1, 0.15) is 12.1 Å². The molecule has 0 bridgehead atoms. The third-order valence-corrected chi connectivity index (χ3v) is 5.53. The minimum atomic E-state index is -0.264. The number of amides is 2. The lowest BCUT2D eigenvalue weighted by atomic mass is 10.1. The fourth-order valence-corrected chi connectivity index (χ4v) is 3.90. The second-order valence-electron chi connectivity index (χ2n) is 7.37. The number of likely N-dealkylation sites (tertiary alicyclic amines) is 1. The summed E-state index contributed by atoms with van der Waals surface area (Å²) in [5.41, 5.74) is 1.87. The van der Waals surface area contributed by atoms with Crippen LogP contribution in [0.25, 0.3) is 0 Å². The van der Waals surface area contributed by atoms with Crippen LogP contribution in [-0.2, 0) is 16.1 Å². The van der Waals surface area contributed by atoms with Crippen LogP contribution in [0, 0.1) is 5.92 Å². The Bertz CT molecular complexity index is 850. The summed E-state index contributed by atoms with van der Waals surface area (Å²) in [6.07, 6.45) is 3.80. The molecule has 1 atom stereocenters. The first-order valence-corrected chi connectivity index (χ1v) is 9.85. The highest BCUT2D eigenvalue weighted by molar-refractivity contribution is 5.89. The van der Waals surface area contributed by atoms with E-state index in [0.717, 1.165) is 24.5 Å². The maximum Gasteiger partial charge on any atom is 0.228 e. The molecule has 2 aliphatic rings. The summed E-state index contributed by atoms with van der Waals surface area (Å²) in [6, 6.07) is 9.48. The van der Waals surface area contributed by atoms with Gasteiger partial charge in [0.05, 0.1) is 37.2 Å². The highest BCUT2D eigenvalue weighted by Gasteiger charge is 2.37. The van der Waals surface area contributed by atoms with Crippen molar-refractivity contribution in [3.63, 3.8) is 0 Å². The molecule has 0 aromatic carbocycles. The zero-order valence-electron chi connectivity index (χ0n) is 16.5. The maximum absolute atomic E-state index is 13.0. The van der Waals surface area contributed by atoms with Crippen molar-refractivity contribution >= 4 is 17.5 Å². The van der Waals surface area contributed by atoms with Gasteiger partial charge in [-0.1, -0.05) is 6.07 Å². The largest absolute Gasteiger partial charge is 0.481 e. The van der Waals surface area contributed by atoms with Crippen molar-refractivity contribution in [1.82, 2.24) is 19.8 Å². The summed E-state index contributed by atoms with van der Waals surface area (Å²) in [7, 11) is 1.59. The molecule has 8 heteroatoms. The van der Waals surface area contributed by atoms with Gasteiger partial charge in [0, 0.05) is 51.4 Å². The van der Waals surface area contributed by atoms with E-state index < -0.39 is 0 Å². The maximum atomic E-state index is 13.0. The average Bonchev–Trinajstić information content (AvgIpc) is 3.14. The van der Waals surface area contributed by atoms with Gasteiger partial charge in [0.15, 0.2) is 0 Å². The van der Waals surface area contributed by atoms with Gasteiger partial charge in [-0.25, -0.2) is 4.98 Å². The quantitative estimate of drug-likeness (QED) is 0.757. The Hall–Kier alpha value is -3.16. The van der Waals surface area contributed by atoms with E-state index in [-0.39, 0.29) is 24.2 Å². The predicted molar refractivity (Wildman–Crippen MR) is 107 cm³/mol. The number of hydrogen-bond acceptors (Lipinski definition) is 6. The molecular weight excluding hydrogens is 370 g/mol. The Kier molecular flexibility index (Phi) is 5.59. The zero-order chi connectivity index (χ0) is 20.2. The van der Waals surface area contributed by atoms with Crippen LogP contribution in [0.2, 0.25) is 0 Å². The lowest BCUT2D eigenvalue weighted by molar-refractivity contribution is -0.136. The Morgan fingerprint density at radius 1 is 1.14 bits per heavy atom. The number of ether oxygens (including phenoxy) is 1. The van der Waals surface area contributed by atoms with Crippen LogP contribution in [0.3, 0.4) is 0 Å². The molecule has 4 rings (SSSR count). The lowest BCUT2D eigenvalue weighted by Crippen LogP contribution is -2.50. The lowest BCUT2D eigenvalue weighted by Gasteiger charge is -2.37. The van der Waals surface area contributed by atoms with Crippen LogP contribution in [0.4, 0.5) is 5.69 Å². The molecule has 152 valence electrons. The van der Waals surface area contributed by atoms with E-state index in [9.17, 15) is 9.59 Å². The first kappa shape index (κ1) is 19.2. The minimum absolute atomic E-state index is 0.0250. The van der Waals surface area contributed by atoms with Crippen LogP contribution in [0.5, 0.6) is 5.88 Å². The molecule has 2 aromatic rings. The summed E-state index contributed by atoms with van der Waals surface area (Å²) in [5, 5.41) is 0. The normalized spacial score (nSPS) is 19.6. The molecule has 0 spiro atoms.